The first-order chi connectivity index (χ1) is 9.90. The van der Waals surface area contributed by atoms with E-state index in [1.807, 2.05) is 0 Å². The van der Waals surface area contributed by atoms with E-state index in [1.165, 1.54) is 24.0 Å². The summed E-state index contributed by atoms with van der Waals surface area (Å²) in [5.74, 6) is 0. The zero-order valence-corrected chi connectivity index (χ0v) is 14.4. The number of nitrogens with one attached hydrogen (secondary N) is 1. The summed E-state index contributed by atoms with van der Waals surface area (Å²) in [6, 6.07) is 10.5. The van der Waals surface area contributed by atoms with E-state index in [4.69, 9.17) is 0 Å². The molecule has 1 aromatic rings. The Hall–Kier alpha value is -0.860. The molecule has 2 heteroatoms. The van der Waals surface area contributed by atoms with Gasteiger partial charge in [0.2, 0.25) is 0 Å². The molecule has 1 aliphatic rings. The molecule has 1 fully saturated rings. The van der Waals surface area contributed by atoms with Gasteiger partial charge in [0, 0.05) is 31.7 Å². The number of hydrogen-bond donors (Lipinski definition) is 1. The van der Waals surface area contributed by atoms with E-state index in [9.17, 15) is 0 Å². The number of piperazine rings is 1. The van der Waals surface area contributed by atoms with Crippen molar-refractivity contribution < 1.29 is 0 Å². The van der Waals surface area contributed by atoms with Crippen LogP contribution in [0, 0.1) is 0 Å². The smallest absolute Gasteiger partial charge is 0.0237 e. The molecule has 0 amide bonds. The van der Waals surface area contributed by atoms with Gasteiger partial charge in [0.15, 0.2) is 0 Å². The van der Waals surface area contributed by atoms with Gasteiger partial charge in [-0.15, -0.1) is 0 Å². The fourth-order valence-electron chi connectivity index (χ4n) is 3.19. The lowest BCUT2D eigenvalue weighted by molar-refractivity contribution is 0.120. The monoisotopic (exact) mass is 288 g/mol. The standard InChI is InChI=1S/C19H32N2/c1-6-7-18-12-20-15(2)13-21(18)14-16-8-10-17(11-9-16)19(3,4)5/h8-11,15,18,20H,6-7,12-14H2,1-5H3. The van der Waals surface area contributed by atoms with Gasteiger partial charge in [0.25, 0.3) is 0 Å². The van der Waals surface area contributed by atoms with Gasteiger partial charge >= 0.3 is 0 Å². The number of nitrogens with zero attached hydrogens (tertiary/aromatic N) is 1. The molecule has 0 aromatic heterocycles. The highest BCUT2D eigenvalue weighted by atomic mass is 15.2. The lowest BCUT2D eigenvalue weighted by Crippen LogP contribution is -2.54. The molecule has 1 N–H and O–H groups in total. The number of rotatable bonds is 4. The predicted octanol–water partition coefficient (Wildman–Crippen LogP) is 3.95. The maximum Gasteiger partial charge on any atom is 0.0237 e. The van der Waals surface area contributed by atoms with Crippen LogP contribution < -0.4 is 5.32 Å². The molecule has 0 saturated carbocycles. The van der Waals surface area contributed by atoms with Crippen LogP contribution in [0.15, 0.2) is 24.3 Å². The summed E-state index contributed by atoms with van der Waals surface area (Å²) < 4.78 is 0. The van der Waals surface area contributed by atoms with Crippen molar-refractivity contribution >= 4 is 0 Å². The Kier molecular flexibility index (Phi) is 5.45. The molecular formula is C19H32N2. The first kappa shape index (κ1) is 16.5. The Morgan fingerprint density at radius 1 is 1.19 bits per heavy atom. The van der Waals surface area contributed by atoms with Crippen molar-refractivity contribution in [1.82, 2.24) is 10.2 Å². The average Bonchev–Trinajstić information content (AvgIpc) is 2.42. The molecule has 118 valence electrons. The minimum Gasteiger partial charge on any atom is -0.311 e. The van der Waals surface area contributed by atoms with Gasteiger partial charge in [0.1, 0.15) is 0 Å². The second-order valence-electron chi connectivity index (χ2n) is 7.63. The first-order valence-electron chi connectivity index (χ1n) is 8.47. The molecule has 1 aromatic carbocycles. The molecule has 2 nitrogen and oxygen atoms in total. The normalized spacial score (nSPS) is 24.2. The topological polar surface area (TPSA) is 15.3 Å². The molecule has 0 radical (unpaired) electrons. The zero-order chi connectivity index (χ0) is 15.5. The van der Waals surface area contributed by atoms with Crippen LogP contribution in [0.5, 0.6) is 0 Å². The summed E-state index contributed by atoms with van der Waals surface area (Å²) in [4.78, 5) is 2.66. The Morgan fingerprint density at radius 3 is 2.43 bits per heavy atom. The molecule has 1 aliphatic heterocycles. The third-order valence-electron chi connectivity index (χ3n) is 4.55. The van der Waals surface area contributed by atoms with E-state index in [1.54, 1.807) is 0 Å². The molecule has 2 atom stereocenters. The quantitative estimate of drug-likeness (QED) is 0.902. The van der Waals surface area contributed by atoms with Crippen LogP contribution in [0.1, 0.15) is 58.6 Å². The summed E-state index contributed by atoms with van der Waals surface area (Å²) in [7, 11) is 0. The van der Waals surface area contributed by atoms with Gasteiger partial charge in [-0.1, -0.05) is 58.4 Å². The lowest BCUT2D eigenvalue weighted by atomic mass is 9.86. The Balaban J connectivity index is 2.04. The van der Waals surface area contributed by atoms with Crippen LogP contribution >= 0.6 is 0 Å². The number of benzene rings is 1. The van der Waals surface area contributed by atoms with E-state index in [-0.39, 0.29) is 5.41 Å². The summed E-state index contributed by atoms with van der Waals surface area (Å²) in [6.45, 7) is 14.8. The van der Waals surface area contributed by atoms with Crippen molar-refractivity contribution in [1.29, 1.82) is 0 Å². The molecule has 21 heavy (non-hydrogen) atoms. The third-order valence-corrected chi connectivity index (χ3v) is 4.55. The van der Waals surface area contributed by atoms with E-state index >= 15 is 0 Å². The average molecular weight is 288 g/mol. The largest absolute Gasteiger partial charge is 0.311 e. The van der Waals surface area contributed by atoms with Gasteiger partial charge in [0.05, 0.1) is 0 Å². The second-order valence-corrected chi connectivity index (χ2v) is 7.63. The first-order valence-corrected chi connectivity index (χ1v) is 8.47. The summed E-state index contributed by atoms with van der Waals surface area (Å²) in [5, 5.41) is 3.62. The molecule has 0 aliphatic carbocycles. The van der Waals surface area contributed by atoms with E-state index < -0.39 is 0 Å². The zero-order valence-electron chi connectivity index (χ0n) is 14.4. The van der Waals surface area contributed by atoms with E-state index in [2.05, 4.69) is 69.1 Å². The van der Waals surface area contributed by atoms with Crippen molar-refractivity contribution in [2.75, 3.05) is 13.1 Å². The Labute approximate surface area is 130 Å². The fraction of sp³-hybridized carbons (Fsp3) is 0.684. The van der Waals surface area contributed by atoms with E-state index in [0.717, 1.165) is 19.6 Å². The molecule has 0 bridgehead atoms. The van der Waals surface area contributed by atoms with Crippen LogP contribution in [0.3, 0.4) is 0 Å². The maximum absolute atomic E-state index is 3.62. The van der Waals surface area contributed by atoms with Gasteiger partial charge in [-0.25, -0.2) is 0 Å². The van der Waals surface area contributed by atoms with E-state index in [0.29, 0.717) is 12.1 Å². The second kappa shape index (κ2) is 6.93. The van der Waals surface area contributed by atoms with Crippen LogP contribution in [0.2, 0.25) is 0 Å². The van der Waals surface area contributed by atoms with Gasteiger partial charge in [-0.05, 0) is 29.9 Å². The highest BCUT2D eigenvalue weighted by Gasteiger charge is 2.25. The molecule has 2 rings (SSSR count). The number of hydrogen-bond acceptors (Lipinski definition) is 2. The van der Waals surface area contributed by atoms with Crippen molar-refractivity contribution in [3.05, 3.63) is 35.4 Å². The Bertz CT molecular complexity index is 430. The van der Waals surface area contributed by atoms with Crippen molar-refractivity contribution in [2.24, 2.45) is 0 Å². The van der Waals surface area contributed by atoms with Crippen molar-refractivity contribution in [3.8, 4) is 0 Å². The third kappa shape index (κ3) is 4.55. The van der Waals surface area contributed by atoms with Crippen molar-refractivity contribution in [2.45, 2.75) is 71.5 Å². The summed E-state index contributed by atoms with van der Waals surface area (Å²) in [5.41, 5.74) is 3.11. The highest BCUT2D eigenvalue weighted by molar-refractivity contribution is 5.27. The van der Waals surface area contributed by atoms with Gasteiger partial charge in [-0.2, -0.15) is 0 Å². The SMILES string of the molecule is CCCC1CNC(C)CN1Cc1ccc(C(C)(C)C)cc1. The molecule has 1 saturated heterocycles. The molecule has 2 unspecified atom stereocenters. The summed E-state index contributed by atoms with van der Waals surface area (Å²) >= 11 is 0. The molecule has 1 heterocycles. The molecule has 0 spiro atoms. The minimum absolute atomic E-state index is 0.243. The minimum atomic E-state index is 0.243. The Morgan fingerprint density at radius 2 is 1.86 bits per heavy atom. The summed E-state index contributed by atoms with van der Waals surface area (Å²) in [6.07, 6.45) is 2.56. The van der Waals surface area contributed by atoms with Crippen LogP contribution in [0.25, 0.3) is 0 Å². The van der Waals surface area contributed by atoms with Gasteiger partial charge in [-0.3, -0.25) is 4.90 Å². The van der Waals surface area contributed by atoms with Crippen LogP contribution in [-0.4, -0.2) is 30.1 Å². The predicted molar refractivity (Wildman–Crippen MR) is 91.7 cm³/mol. The van der Waals surface area contributed by atoms with Crippen LogP contribution in [0.4, 0.5) is 0 Å². The molecular weight excluding hydrogens is 256 g/mol. The maximum atomic E-state index is 3.62. The van der Waals surface area contributed by atoms with Crippen LogP contribution in [-0.2, 0) is 12.0 Å². The lowest BCUT2D eigenvalue weighted by Gasteiger charge is -2.39. The van der Waals surface area contributed by atoms with Gasteiger partial charge < -0.3 is 5.32 Å². The highest BCUT2D eigenvalue weighted by Crippen LogP contribution is 2.23. The fourth-order valence-corrected chi connectivity index (χ4v) is 3.19. The van der Waals surface area contributed by atoms with Crippen molar-refractivity contribution in [3.63, 3.8) is 0 Å².